The Kier molecular flexibility index (Phi) is 5.86. The van der Waals surface area contributed by atoms with Gasteiger partial charge in [0.1, 0.15) is 0 Å². The summed E-state index contributed by atoms with van der Waals surface area (Å²) in [6.45, 7) is 5.83. The van der Waals surface area contributed by atoms with Gasteiger partial charge in [-0.15, -0.1) is 0 Å². The number of ketones is 1. The summed E-state index contributed by atoms with van der Waals surface area (Å²) in [5.41, 5.74) is 0.767. The molecular formula is C14H20BrNO. The van der Waals surface area contributed by atoms with Crippen LogP contribution >= 0.6 is 15.9 Å². The third-order valence-electron chi connectivity index (χ3n) is 2.91. The molecule has 3 heteroatoms. The van der Waals surface area contributed by atoms with Crippen molar-refractivity contribution in [2.75, 3.05) is 20.1 Å². The van der Waals surface area contributed by atoms with Gasteiger partial charge in [0.15, 0.2) is 5.78 Å². The highest BCUT2D eigenvalue weighted by atomic mass is 79.9. The Labute approximate surface area is 112 Å². The molecule has 1 aromatic rings. The highest BCUT2D eigenvalue weighted by molar-refractivity contribution is 9.10. The van der Waals surface area contributed by atoms with E-state index in [-0.39, 0.29) is 5.78 Å². The van der Waals surface area contributed by atoms with Crippen LogP contribution in [0, 0.1) is 5.92 Å². The summed E-state index contributed by atoms with van der Waals surface area (Å²) in [5, 5.41) is 0. The minimum Gasteiger partial charge on any atom is -0.299 e. The molecule has 1 unspecified atom stereocenters. The molecule has 1 atom stereocenters. The van der Waals surface area contributed by atoms with Gasteiger partial charge >= 0.3 is 0 Å². The number of carbonyl (C=O) groups excluding carboxylic acids is 1. The maximum absolute atomic E-state index is 12.1. The zero-order valence-corrected chi connectivity index (χ0v) is 12.3. The van der Waals surface area contributed by atoms with Crippen LogP contribution in [0.1, 0.15) is 30.6 Å². The van der Waals surface area contributed by atoms with Gasteiger partial charge < -0.3 is 0 Å². The van der Waals surface area contributed by atoms with Crippen molar-refractivity contribution in [2.45, 2.75) is 20.3 Å². The van der Waals surface area contributed by atoms with Gasteiger partial charge in [0.25, 0.3) is 0 Å². The van der Waals surface area contributed by atoms with Crippen molar-refractivity contribution < 1.29 is 4.79 Å². The quantitative estimate of drug-likeness (QED) is 0.748. The maximum Gasteiger partial charge on any atom is 0.177 e. The molecule has 0 radical (unpaired) electrons. The summed E-state index contributed by atoms with van der Waals surface area (Å²) in [6, 6.07) is 7.59. The molecule has 0 bridgehead atoms. The van der Waals surface area contributed by atoms with E-state index in [0.29, 0.717) is 12.5 Å². The van der Waals surface area contributed by atoms with Crippen LogP contribution in [0.4, 0.5) is 0 Å². The largest absolute Gasteiger partial charge is 0.299 e. The zero-order valence-electron chi connectivity index (χ0n) is 10.7. The Bertz CT molecular complexity index is 378. The van der Waals surface area contributed by atoms with Gasteiger partial charge in [-0.1, -0.05) is 54.4 Å². The molecule has 0 fully saturated rings. The fourth-order valence-corrected chi connectivity index (χ4v) is 2.25. The van der Waals surface area contributed by atoms with Crippen molar-refractivity contribution in [1.29, 1.82) is 0 Å². The molecule has 1 aromatic carbocycles. The lowest BCUT2D eigenvalue weighted by Crippen LogP contribution is -2.30. The second-order valence-corrected chi connectivity index (χ2v) is 5.47. The maximum atomic E-state index is 12.1. The lowest BCUT2D eigenvalue weighted by molar-refractivity contribution is 0.0938. The standard InChI is InChI=1S/C14H20BrNO/c1-4-11(2)9-16(3)10-14(17)12-7-5-6-8-13(12)15/h5-8,11H,4,9-10H2,1-3H3. The van der Waals surface area contributed by atoms with Crippen LogP contribution in [-0.2, 0) is 0 Å². The molecule has 0 N–H and O–H groups in total. The molecule has 0 saturated heterocycles. The van der Waals surface area contributed by atoms with E-state index in [0.717, 1.165) is 23.0 Å². The number of carbonyl (C=O) groups is 1. The molecule has 0 aliphatic carbocycles. The Morgan fingerprint density at radius 1 is 1.41 bits per heavy atom. The van der Waals surface area contributed by atoms with E-state index in [1.54, 1.807) is 0 Å². The summed E-state index contributed by atoms with van der Waals surface area (Å²) in [6.07, 6.45) is 1.15. The van der Waals surface area contributed by atoms with Crippen LogP contribution in [-0.4, -0.2) is 30.8 Å². The highest BCUT2D eigenvalue weighted by Crippen LogP contribution is 2.16. The number of benzene rings is 1. The Morgan fingerprint density at radius 3 is 2.65 bits per heavy atom. The van der Waals surface area contributed by atoms with Crippen molar-refractivity contribution in [3.63, 3.8) is 0 Å². The number of rotatable bonds is 6. The normalized spacial score (nSPS) is 12.8. The number of hydrogen-bond acceptors (Lipinski definition) is 2. The number of hydrogen-bond donors (Lipinski definition) is 0. The minimum absolute atomic E-state index is 0.170. The summed E-state index contributed by atoms with van der Waals surface area (Å²) >= 11 is 3.41. The van der Waals surface area contributed by atoms with E-state index in [1.165, 1.54) is 0 Å². The highest BCUT2D eigenvalue weighted by Gasteiger charge is 2.13. The van der Waals surface area contributed by atoms with Crippen LogP contribution < -0.4 is 0 Å². The molecule has 0 spiro atoms. The molecule has 0 aliphatic heterocycles. The lowest BCUT2D eigenvalue weighted by atomic mass is 10.1. The van der Waals surface area contributed by atoms with Crippen LogP contribution in [0.2, 0.25) is 0 Å². The molecule has 0 heterocycles. The molecule has 0 aromatic heterocycles. The number of Topliss-reactive ketones (excluding diaryl/α,β-unsaturated/α-hetero) is 1. The van der Waals surface area contributed by atoms with E-state index in [1.807, 2.05) is 31.3 Å². The summed E-state index contributed by atoms with van der Waals surface area (Å²) < 4.78 is 0.877. The number of nitrogens with zero attached hydrogens (tertiary/aromatic N) is 1. The van der Waals surface area contributed by atoms with Crippen LogP contribution in [0.5, 0.6) is 0 Å². The van der Waals surface area contributed by atoms with E-state index in [9.17, 15) is 4.79 Å². The first kappa shape index (κ1) is 14.4. The van der Waals surface area contributed by atoms with Crippen molar-refractivity contribution in [3.05, 3.63) is 34.3 Å². The third kappa shape index (κ3) is 4.60. The van der Waals surface area contributed by atoms with Crippen molar-refractivity contribution in [1.82, 2.24) is 4.90 Å². The summed E-state index contributed by atoms with van der Waals surface area (Å²) in [5.74, 6) is 0.801. The van der Waals surface area contributed by atoms with E-state index >= 15 is 0 Å². The monoisotopic (exact) mass is 297 g/mol. The predicted octanol–water partition coefficient (Wildman–Crippen LogP) is 3.61. The third-order valence-corrected chi connectivity index (χ3v) is 3.60. The summed E-state index contributed by atoms with van der Waals surface area (Å²) in [4.78, 5) is 14.2. The van der Waals surface area contributed by atoms with Crippen molar-refractivity contribution in [2.24, 2.45) is 5.92 Å². The first-order valence-electron chi connectivity index (χ1n) is 6.00. The second-order valence-electron chi connectivity index (χ2n) is 4.61. The molecular weight excluding hydrogens is 278 g/mol. The molecule has 94 valence electrons. The first-order valence-corrected chi connectivity index (χ1v) is 6.80. The van der Waals surface area contributed by atoms with Crippen molar-refractivity contribution in [3.8, 4) is 0 Å². The van der Waals surface area contributed by atoms with E-state index < -0.39 is 0 Å². The van der Waals surface area contributed by atoms with Crippen molar-refractivity contribution >= 4 is 21.7 Å². The molecule has 17 heavy (non-hydrogen) atoms. The lowest BCUT2D eigenvalue weighted by Gasteiger charge is -2.19. The van der Waals surface area contributed by atoms with Gasteiger partial charge in [-0.05, 0) is 19.0 Å². The van der Waals surface area contributed by atoms with Gasteiger partial charge in [-0.2, -0.15) is 0 Å². The van der Waals surface area contributed by atoms with Crippen LogP contribution in [0.25, 0.3) is 0 Å². The van der Waals surface area contributed by atoms with Gasteiger partial charge in [0.2, 0.25) is 0 Å². The number of halogens is 1. The fourth-order valence-electron chi connectivity index (χ4n) is 1.74. The topological polar surface area (TPSA) is 20.3 Å². The van der Waals surface area contributed by atoms with E-state index in [4.69, 9.17) is 0 Å². The van der Waals surface area contributed by atoms with Gasteiger partial charge in [0.05, 0.1) is 6.54 Å². The predicted molar refractivity (Wildman–Crippen MR) is 75.4 cm³/mol. The smallest absolute Gasteiger partial charge is 0.177 e. The van der Waals surface area contributed by atoms with Gasteiger partial charge in [-0.25, -0.2) is 0 Å². The summed E-state index contributed by atoms with van der Waals surface area (Å²) in [7, 11) is 2.00. The zero-order chi connectivity index (χ0) is 12.8. The van der Waals surface area contributed by atoms with Crippen LogP contribution in [0.3, 0.4) is 0 Å². The van der Waals surface area contributed by atoms with Gasteiger partial charge in [0, 0.05) is 16.6 Å². The minimum atomic E-state index is 0.170. The molecule has 2 nitrogen and oxygen atoms in total. The Morgan fingerprint density at radius 2 is 2.06 bits per heavy atom. The second kappa shape index (κ2) is 6.92. The van der Waals surface area contributed by atoms with Gasteiger partial charge in [-0.3, -0.25) is 9.69 Å². The molecule has 1 rings (SSSR count). The average molecular weight is 298 g/mol. The molecule has 0 aliphatic rings. The van der Waals surface area contributed by atoms with E-state index in [2.05, 4.69) is 34.7 Å². The Hall–Kier alpha value is -0.670. The Balaban J connectivity index is 2.58. The first-order chi connectivity index (χ1) is 8.04. The average Bonchev–Trinajstić information content (AvgIpc) is 2.29. The van der Waals surface area contributed by atoms with Crippen LogP contribution in [0.15, 0.2) is 28.7 Å². The number of likely N-dealkylation sites (N-methyl/N-ethyl adjacent to an activating group) is 1. The molecule has 0 saturated carbocycles. The molecule has 0 amide bonds. The SMILES string of the molecule is CCC(C)CN(C)CC(=O)c1ccccc1Br. The fraction of sp³-hybridized carbons (Fsp3) is 0.500.